The summed E-state index contributed by atoms with van der Waals surface area (Å²) in [4.78, 5) is 18.4. The van der Waals surface area contributed by atoms with E-state index in [-0.39, 0.29) is 10.6 Å². The SMILES string of the molecule is Cc1nc(-c2ccc(F)c(Cl)c2)c(C)c(=O)[nH]1. The Labute approximate surface area is 102 Å². The molecule has 1 N–H and O–H groups in total. The van der Waals surface area contributed by atoms with Crippen molar-refractivity contribution in [2.45, 2.75) is 13.8 Å². The van der Waals surface area contributed by atoms with E-state index in [4.69, 9.17) is 11.6 Å². The first-order valence-corrected chi connectivity index (χ1v) is 5.40. The van der Waals surface area contributed by atoms with Crippen LogP contribution >= 0.6 is 11.6 Å². The first kappa shape index (κ1) is 11.8. The van der Waals surface area contributed by atoms with E-state index >= 15 is 0 Å². The molecule has 0 unspecified atom stereocenters. The highest BCUT2D eigenvalue weighted by Crippen LogP contribution is 2.24. The molecule has 3 nitrogen and oxygen atoms in total. The minimum atomic E-state index is -0.491. The van der Waals surface area contributed by atoms with Crippen molar-refractivity contribution >= 4 is 11.6 Å². The van der Waals surface area contributed by atoms with Crippen LogP contribution in [0.5, 0.6) is 0 Å². The van der Waals surface area contributed by atoms with Crippen molar-refractivity contribution in [3.05, 3.63) is 50.8 Å². The molecule has 88 valence electrons. The smallest absolute Gasteiger partial charge is 0.254 e. The average molecular weight is 253 g/mol. The first-order chi connectivity index (χ1) is 7.99. The van der Waals surface area contributed by atoms with Crippen LogP contribution in [0.1, 0.15) is 11.4 Å². The summed E-state index contributed by atoms with van der Waals surface area (Å²) in [6.45, 7) is 3.35. The Morgan fingerprint density at radius 3 is 2.71 bits per heavy atom. The van der Waals surface area contributed by atoms with Crippen molar-refractivity contribution in [3.63, 3.8) is 0 Å². The lowest BCUT2D eigenvalue weighted by Crippen LogP contribution is -2.14. The lowest BCUT2D eigenvalue weighted by atomic mass is 10.1. The maximum Gasteiger partial charge on any atom is 0.254 e. The molecule has 0 saturated carbocycles. The number of benzene rings is 1. The maximum absolute atomic E-state index is 13.1. The van der Waals surface area contributed by atoms with Gasteiger partial charge in [0.05, 0.1) is 10.7 Å². The monoisotopic (exact) mass is 252 g/mol. The number of nitrogens with one attached hydrogen (secondary N) is 1. The quantitative estimate of drug-likeness (QED) is 0.848. The summed E-state index contributed by atoms with van der Waals surface area (Å²) in [7, 11) is 0. The van der Waals surface area contributed by atoms with Gasteiger partial charge in [-0.15, -0.1) is 0 Å². The second kappa shape index (κ2) is 4.30. The number of aryl methyl sites for hydroxylation is 1. The molecule has 0 radical (unpaired) electrons. The maximum atomic E-state index is 13.1. The average Bonchev–Trinajstić information content (AvgIpc) is 2.27. The summed E-state index contributed by atoms with van der Waals surface area (Å²) in [6, 6.07) is 4.27. The number of hydrogen-bond acceptors (Lipinski definition) is 2. The van der Waals surface area contributed by atoms with Crippen molar-refractivity contribution < 1.29 is 4.39 Å². The van der Waals surface area contributed by atoms with E-state index in [1.54, 1.807) is 19.9 Å². The zero-order valence-corrected chi connectivity index (χ0v) is 10.1. The molecule has 0 spiro atoms. The zero-order valence-electron chi connectivity index (χ0n) is 9.34. The van der Waals surface area contributed by atoms with Gasteiger partial charge in [-0.25, -0.2) is 9.37 Å². The molecule has 0 aliphatic rings. The van der Waals surface area contributed by atoms with Gasteiger partial charge in [0.25, 0.3) is 5.56 Å². The Morgan fingerprint density at radius 1 is 1.35 bits per heavy atom. The molecular formula is C12H10ClFN2O. The molecule has 0 amide bonds. The van der Waals surface area contributed by atoms with Crippen LogP contribution in [0.15, 0.2) is 23.0 Å². The summed E-state index contributed by atoms with van der Waals surface area (Å²) >= 11 is 5.71. The fourth-order valence-corrected chi connectivity index (χ4v) is 1.75. The molecule has 2 aromatic rings. The van der Waals surface area contributed by atoms with Crippen LogP contribution in [0.25, 0.3) is 11.3 Å². The third kappa shape index (κ3) is 2.22. The Bertz CT molecular complexity index is 637. The van der Waals surface area contributed by atoms with Crippen LogP contribution in [0, 0.1) is 19.7 Å². The molecule has 0 aliphatic carbocycles. The summed E-state index contributed by atoms with van der Waals surface area (Å²) in [5.74, 6) is 0.0191. The van der Waals surface area contributed by atoms with E-state index in [2.05, 4.69) is 9.97 Å². The summed E-state index contributed by atoms with van der Waals surface area (Å²) in [6.07, 6.45) is 0. The van der Waals surface area contributed by atoms with Crippen molar-refractivity contribution in [2.75, 3.05) is 0 Å². The minimum Gasteiger partial charge on any atom is -0.311 e. The normalized spacial score (nSPS) is 10.6. The Morgan fingerprint density at radius 2 is 2.06 bits per heavy atom. The zero-order chi connectivity index (χ0) is 12.6. The molecule has 1 aromatic carbocycles. The van der Waals surface area contributed by atoms with Gasteiger partial charge in [0, 0.05) is 11.1 Å². The summed E-state index contributed by atoms with van der Waals surface area (Å²) < 4.78 is 13.1. The first-order valence-electron chi connectivity index (χ1n) is 5.02. The van der Waals surface area contributed by atoms with E-state index in [1.165, 1.54) is 12.1 Å². The van der Waals surface area contributed by atoms with Crippen LogP contribution in [0.2, 0.25) is 5.02 Å². The highest BCUT2D eigenvalue weighted by atomic mass is 35.5. The molecule has 0 fully saturated rings. The number of hydrogen-bond donors (Lipinski definition) is 1. The minimum absolute atomic E-state index is 0.0154. The Kier molecular flexibility index (Phi) is 2.98. The number of halogens is 2. The molecule has 0 bridgehead atoms. The van der Waals surface area contributed by atoms with Crippen LogP contribution in [0.4, 0.5) is 4.39 Å². The highest BCUT2D eigenvalue weighted by Gasteiger charge is 2.10. The largest absolute Gasteiger partial charge is 0.311 e. The molecule has 0 atom stereocenters. The molecular weight excluding hydrogens is 243 g/mol. The van der Waals surface area contributed by atoms with Crippen LogP contribution in [-0.2, 0) is 0 Å². The third-order valence-electron chi connectivity index (χ3n) is 2.46. The lowest BCUT2D eigenvalue weighted by molar-refractivity contribution is 0.628. The van der Waals surface area contributed by atoms with Crippen LogP contribution in [0.3, 0.4) is 0 Å². The second-order valence-corrected chi connectivity index (χ2v) is 4.16. The topological polar surface area (TPSA) is 45.8 Å². The molecule has 0 saturated heterocycles. The molecule has 1 aromatic heterocycles. The Balaban J connectivity index is 2.68. The van der Waals surface area contributed by atoms with E-state index in [1.807, 2.05) is 0 Å². The predicted octanol–water partition coefficient (Wildman–Crippen LogP) is 2.85. The van der Waals surface area contributed by atoms with Gasteiger partial charge in [-0.2, -0.15) is 0 Å². The van der Waals surface area contributed by atoms with E-state index in [9.17, 15) is 9.18 Å². The Hall–Kier alpha value is -1.68. The van der Waals surface area contributed by atoms with Gasteiger partial charge in [-0.3, -0.25) is 4.79 Å². The molecule has 5 heteroatoms. The fourth-order valence-electron chi connectivity index (χ4n) is 1.57. The van der Waals surface area contributed by atoms with Gasteiger partial charge in [-0.1, -0.05) is 11.6 Å². The van der Waals surface area contributed by atoms with Gasteiger partial charge in [-0.05, 0) is 32.0 Å². The van der Waals surface area contributed by atoms with Crippen molar-refractivity contribution in [2.24, 2.45) is 0 Å². The number of rotatable bonds is 1. The van der Waals surface area contributed by atoms with E-state index in [0.717, 1.165) is 0 Å². The standard InChI is InChI=1S/C12H10ClFN2O/c1-6-11(15-7(2)16-12(6)17)8-3-4-10(14)9(13)5-8/h3-5H,1-2H3,(H,15,16,17). The van der Waals surface area contributed by atoms with Crippen molar-refractivity contribution in [1.82, 2.24) is 9.97 Å². The molecule has 0 aliphatic heterocycles. The summed E-state index contributed by atoms with van der Waals surface area (Å²) in [5, 5.41) is 0.0154. The lowest BCUT2D eigenvalue weighted by Gasteiger charge is -2.06. The van der Waals surface area contributed by atoms with Crippen molar-refractivity contribution in [3.8, 4) is 11.3 Å². The third-order valence-corrected chi connectivity index (χ3v) is 2.75. The number of aromatic nitrogens is 2. The summed E-state index contributed by atoms with van der Waals surface area (Å²) in [5.41, 5.74) is 1.43. The number of nitrogens with zero attached hydrogens (tertiary/aromatic N) is 1. The van der Waals surface area contributed by atoms with Gasteiger partial charge in [0.15, 0.2) is 0 Å². The van der Waals surface area contributed by atoms with Crippen LogP contribution in [-0.4, -0.2) is 9.97 Å². The molecule has 17 heavy (non-hydrogen) atoms. The number of H-pyrrole nitrogens is 1. The molecule has 1 heterocycles. The van der Waals surface area contributed by atoms with Gasteiger partial charge in [0.1, 0.15) is 11.6 Å². The second-order valence-electron chi connectivity index (χ2n) is 3.75. The van der Waals surface area contributed by atoms with E-state index in [0.29, 0.717) is 22.6 Å². The van der Waals surface area contributed by atoms with Gasteiger partial charge >= 0.3 is 0 Å². The van der Waals surface area contributed by atoms with Crippen molar-refractivity contribution in [1.29, 1.82) is 0 Å². The predicted molar refractivity (Wildman–Crippen MR) is 64.7 cm³/mol. The number of aromatic amines is 1. The van der Waals surface area contributed by atoms with Crippen LogP contribution < -0.4 is 5.56 Å². The molecule has 2 rings (SSSR count). The van der Waals surface area contributed by atoms with Gasteiger partial charge in [0.2, 0.25) is 0 Å². The highest BCUT2D eigenvalue weighted by molar-refractivity contribution is 6.31. The van der Waals surface area contributed by atoms with Gasteiger partial charge < -0.3 is 4.98 Å². The fraction of sp³-hybridized carbons (Fsp3) is 0.167. The van der Waals surface area contributed by atoms with E-state index < -0.39 is 5.82 Å².